The number of benzene rings is 1. The molecule has 5 atom stereocenters. The molecule has 2 heterocycles. The topological polar surface area (TPSA) is 58.2 Å². The van der Waals surface area contributed by atoms with Gasteiger partial charge in [0.05, 0.1) is 23.0 Å². The number of rotatable bonds is 4. The van der Waals surface area contributed by atoms with E-state index in [9.17, 15) is 4.79 Å². The Labute approximate surface area is 153 Å². The fourth-order valence-electron chi connectivity index (χ4n) is 5.67. The molecular weight excluding hydrogens is 326 g/mol. The summed E-state index contributed by atoms with van der Waals surface area (Å²) in [4.78, 5) is 26.4. The molecule has 0 amide bonds. The van der Waals surface area contributed by atoms with Gasteiger partial charge in [0.2, 0.25) is 0 Å². The van der Waals surface area contributed by atoms with Crippen LogP contribution in [0.15, 0.2) is 23.0 Å². The first kappa shape index (κ1) is 16.5. The molecule has 138 valence electrons. The predicted molar refractivity (Wildman–Crippen MR) is 101 cm³/mol. The molecule has 5 nitrogen and oxygen atoms in total. The van der Waals surface area contributed by atoms with E-state index in [2.05, 4.69) is 29.0 Å². The monoisotopic (exact) mass is 353 g/mol. The number of hydrogen-bond acceptors (Lipinski definition) is 4. The normalized spacial score (nSPS) is 33.2. The van der Waals surface area contributed by atoms with Gasteiger partial charge < -0.3 is 4.98 Å². The molecule has 5 heteroatoms. The summed E-state index contributed by atoms with van der Waals surface area (Å²) in [5, 5.41) is 2.74. The summed E-state index contributed by atoms with van der Waals surface area (Å²) >= 11 is 0. The summed E-state index contributed by atoms with van der Waals surface area (Å²) in [5.41, 5.74) is 1.97. The van der Waals surface area contributed by atoms with Crippen LogP contribution in [0, 0.1) is 17.8 Å². The van der Waals surface area contributed by atoms with Crippen molar-refractivity contribution in [3.8, 4) is 0 Å². The number of fused-ring (bicyclic) bond motifs is 6. The lowest BCUT2D eigenvalue weighted by atomic mass is 9.79. The van der Waals surface area contributed by atoms with Gasteiger partial charge in [-0.25, -0.2) is 0 Å². The smallest absolute Gasteiger partial charge is 0.280 e. The number of H-pyrrole nitrogens is 1. The SMILES string of the molecule is CCCCc1nc(=O)c2cc([C@@H]3[C@H]4C5CCC(C5)[C@H]4ON3C)ccc2[nH]1. The number of aromatic amines is 1. The van der Waals surface area contributed by atoms with E-state index in [1.165, 1.54) is 24.8 Å². The zero-order valence-corrected chi connectivity index (χ0v) is 15.6. The van der Waals surface area contributed by atoms with Crippen LogP contribution in [0.1, 0.15) is 56.5 Å². The van der Waals surface area contributed by atoms with Crippen LogP contribution in [0.5, 0.6) is 0 Å². The van der Waals surface area contributed by atoms with Crippen LogP contribution in [0.3, 0.4) is 0 Å². The highest BCUT2D eigenvalue weighted by Gasteiger charge is 2.57. The first-order chi connectivity index (χ1) is 12.7. The first-order valence-electron chi connectivity index (χ1n) is 10.1. The maximum atomic E-state index is 12.6. The van der Waals surface area contributed by atoms with E-state index >= 15 is 0 Å². The zero-order chi connectivity index (χ0) is 17.8. The van der Waals surface area contributed by atoms with Gasteiger partial charge in [-0.15, -0.1) is 0 Å². The number of unbranched alkanes of at least 4 members (excludes halogenated alkanes) is 1. The molecule has 1 aromatic carbocycles. The van der Waals surface area contributed by atoms with E-state index in [1.54, 1.807) is 0 Å². The fourth-order valence-corrected chi connectivity index (χ4v) is 5.67. The molecule has 2 unspecified atom stereocenters. The van der Waals surface area contributed by atoms with Crippen molar-refractivity contribution in [2.45, 2.75) is 57.6 Å². The molecule has 2 saturated carbocycles. The van der Waals surface area contributed by atoms with Crippen molar-refractivity contribution >= 4 is 10.9 Å². The third-order valence-electron chi connectivity index (χ3n) is 6.84. The summed E-state index contributed by atoms with van der Waals surface area (Å²) in [5.74, 6) is 2.85. The van der Waals surface area contributed by atoms with Crippen LogP contribution in [0.4, 0.5) is 0 Å². The second-order valence-corrected chi connectivity index (χ2v) is 8.37. The van der Waals surface area contributed by atoms with Crippen LogP contribution < -0.4 is 5.56 Å². The van der Waals surface area contributed by atoms with Gasteiger partial charge in [-0.1, -0.05) is 19.4 Å². The molecule has 3 aliphatic rings. The van der Waals surface area contributed by atoms with E-state index in [0.29, 0.717) is 17.4 Å². The standard InChI is InChI=1S/C21H27N3O2/c1-3-4-5-17-22-16-9-8-13(11-15(16)21(25)23-17)19-18-12-6-7-14(10-12)20(18)26-24(19)2/h8-9,11-12,14,18-20H,3-7,10H2,1-2H3,(H,22,23,25)/t12?,14?,18-,19-,20-/m1/s1. The van der Waals surface area contributed by atoms with Gasteiger partial charge in [0.25, 0.3) is 5.56 Å². The van der Waals surface area contributed by atoms with Gasteiger partial charge in [-0.3, -0.25) is 9.63 Å². The van der Waals surface area contributed by atoms with Gasteiger partial charge in [-0.2, -0.15) is 10.0 Å². The Hall–Kier alpha value is -1.72. The Balaban J connectivity index is 1.52. The fraction of sp³-hybridized carbons (Fsp3) is 0.619. The zero-order valence-electron chi connectivity index (χ0n) is 15.6. The van der Waals surface area contributed by atoms with Crippen molar-refractivity contribution in [2.24, 2.45) is 17.8 Å². The Kier molecular flexibility index (Phi) is 3.90. The van der Waals surface area contributed by atoms with Crippen molar-refractivity contribution in [1.82, 2.24) is 15.0 Å². The van der Waals surface area contributed by atoms with E-state index in [1.807, 2.05) is 18.2 Å². The Morgan fingerprint density at radius 2 is 2.15 bits per heavy atom. The predicted octanol–water partition coefficient (Wildman–Crippen LogP) is 3.60. The minimum absolute atomic E-state index is 0.113. The van der Waals surface area contributed by atoms with Crippen LogP contribution in [-0.4, -0.2) is 28.2 Å². The lowest BCUT2D eigenvalue weighted by Crippen LogP contribution is -2.27. The molecule has 3 fully saturated rings. The van der Waals surface area contributed by atoms with Crippen molar-refractivity contribution in [3.63, 3.8) is 0 Å². The highest BCUT2D eigenvalue weighted by molar-refractivity contribution is 5.78. The Bertz CT molecular complexity index is 892. The molecular formula is C21H27N3O2. The molecule has 1 aromatic heterocycles. The number of hydroxylamine groups is 2. The second kappa shape index (κ2) is 6.17. The average Bonchev–Trinajstić information content (AvgIpc) is 3.32. The van der Waals surface area contributed by atoms with Gasteiger partial charge in [0.15, 0.2) is 0 Å². The minimum atomic E-state index is -0.113. The molecule has 26 heavy (non-hydrogen) atoms. The van der Waals surface area contributed by atoms with Gasteiger partial charge in [-0.05, 0) is 55.2 Å². The van der Waals surface area contributed by atoms with Gasteiger partial charge >= 0.3 is 0 Å². The summed E-state index contributed by atoms with van der Waals surface area (Å²) in [6.45, 7) is 2.15. The minimum Gasteiger partial charge on any atom is -0.343 e. The molecule has 1 N–H and O–H groups in total. The van der Waals surface area contributed by atoms with Crippen LogP contribution in [0.2, 0.25) is 0 Å². The number of hydrogen-bond donors (Lipinski definition) is 1. The molecule has 2 aliphatic carbocycles. The molecule has 0 spiro atoms. The first-order valence-corrected chi connectivity index (χ1v) is 10.1. The largest absolute Gasteiger partial charge is 0.343 e. The van der Waals surface area contributed by atoms with Gasteiger partial charge in [0, 0.05) is 19.4 Å². The lowest BCUT2D eigenvalue weighted by molar-refractivity contribution is -0.156. The quantitative estimate of drug-likeness (QED) is 0.912. The molecule has 5 rings (SSSR count). The van der Waals surface area contributed by atoms with E-state index in [4.69, 9.17) is 4.84 Å². The maximum absolute atomic E-state index is 12.6. The van der Waals surface area contributed by atoms with Crippen molar-refractivity contribution in [3.05, 3.63) is 39.9 Å². The highest BCUT2D eigenvalue weighted by Crippen LogP contribution is 2.58. The van der Waals surface area contributed by atoms with E-state index in [-0.39, 0.29) is 11.6 Å². The lowest BCUT2D eigenvalue weighted by Gasteiger charge is -2.27. The third kappa shape index (κ3) is 2.44. The molecule has 1 aliphatic heterocycles. The highest BCUT2D eigenvalue weighted by atomic mass is 16.7. The number of aryl methyl sites for hydroxylation is 1. The summed E-state index contributed by atoms with van der Waals surface area (Å²) < 4.78 is 0. The van der Waals surface area contributed by atoms with Crippen molar-refractivity contribution < 1.29 is 4.84 Å². The summed E-state index contributed by atoms with van der Waals surface area (Å²) in [7, 11) is 2.04. The summed E-state index contributed by atoms with van der Waals surface area (Å²) in [6.07, 6.45) is 7.30. The molecule has 2 bridgehead atoms. The molecule has 0 radical (unpaired) electrons. The third-order valence-corrected chi connectivity index (χ3v) is 6.84. The van der Waals surface area contributed by atoms with Crippen LogP contribution in [0.25, 0.3) is 10.9 Å². The second-order valence-electron chi connectivity index (χ2n) is 8.37. The number of aromatic nitrogens is 2. The number of nitrogens with zero attached hydrogens (tertiary/aromatic N) is 2. The Morgan fingerprint density at radius 3 is 3.00 bits per heavy atom. The maximum Gasteiger partial charge on any atom is 0.280 e. The Morgan fingerprint density at radius 1 is 1.31 bits per heavy atom. The van der Waals surface area contributed by atoms with Gasteiger partial charge in [0.1, 0.15) is 5.82 Å². The van der Waals surface area contributed by atoms with Crippen LogP contribution >= 0.6 is 0 Å². The average molecular weight is 353 g/mol. The molecule has 1 saturated heterocycles. The van der Waals surface area contributed by atoms with Crippen molar-refractivity contribution in [1.29, 1.82) is 0 Å². The number of nitrogens with one attached hydrogen (secondary N) is 1. The molecule has 2 aromatic rings. The van der Waals surface area contributed by atoms with Crippen LogP contribution in [-0.2, 0) is 11.3 Å². The van der Waals surface area contributed by atoms with E-state index < -0.39 is 0 Å². The summed E-state index contributed by atoms with van der Waals surface area (Å²) in [6, 6.07) is 6.51. The van der Waals surface area contributed by atoms with E-state index in [0.717, 1.165) is 42.4 Å². The van der Waals surface area contributed by atoms with Crippen molar-refractivity contribution in [2.75, 3.05) is 7.05 Å².